The van der Waals surface area contributed by atoms with Crippen LogP contribution in [0.4, 0.5) is 5.69 Å². The summed E-state index contributed by atoms with van der Waals surface area (Å²) in [6.07, 6.45) is 3.01. The van der Waals surface area contributed by atoms with Gasteiger partial charge in [-0.2, -0.15) is 0 Å². The molecule has 0 fully saturated rings. The van der Waals surface area contributed by atoms with E-state index in [2.05, 4.69) is 15.0 Å². The number of hydrogen-bond donors (Lipinski definition) is 2. The lowest BCUT2D eigenvalue weighted by Crippen LogP contribution is -2.22. The minimum absolute atomic E-state index is 0. The van der Waals surface area contributed by atoms with Gasteiger partial charge in [-0.25, -0.2) is 0 Å². The molecular formula is C16H26IN3O4. The molecular weight excluding hydrogens is 425 g/mol. The maximum atomic E-state index is 11.0. The van der Waals surface area contributed by atoms with Crippen molar-refractivity contribution in [2.24, 2.45) is 10.7 Å². The lowest BCUT2D eigenvalue weighted by molar-refractivity contribution is -0.140. The molecule has 0 aliphatic heterocycles. The van der Waals surface area contributed by atoms with E-state index >= 15 is 0 Å². The van der Waals surface area contributed by atoms with Crippen LogP contribution in [0.2, 0.25) is 0 Å². The highest BCUT2D eigenvalue weighted by Gasteiger charge is 2.05. The van der Waals surface area contributed by atoms with Gasteiger partial charge in [-0.1, -0.05) is 6.42 Å². The Balaban J connectivity index is 0.00000529. The van der Waals surface area contributed by atoms with E-state index in [1.165, 1.54) is 7.11 Å². The number of carbonyl (C=O) groups is 1. The average molecular weight is 451 g/mol. The number of hydrogen-bond acceptors (Lipinski definition) is 5. The molecule has 0 amide bonds. The fraction of sp³-hybridized carbons (Fsp3) is 0.500. The Morgan fingerprint density at radius 3 is 2.46 bits per heavy atom. The third-order valence-electron chi connectivity index (χ3n) is 3.20. The number of esters is 1. The minimum Gasteiger partial charge on any atom is -0.493 e. The number of nitrogens with zero attached hydrogens (tertiary/aromatic N) is 1. The predicted octanol–water partition coefficient (Wildman–Crippen LogP) is 2.78. The molecule has 0 aromatic heterocycles. The van der Waals surface area contributed by atoms with Gasteiger partial charge in [-0.15, -0.1) is 24.0 Å². The van der Waals surface area contributed by atoms with Crippen molar-refractivity contribution in [2.75, 3.05) is 33.2 Å². The van der Waals surface area contributed by atoms with Crippen LogP contribution in [0.25, 0.3) is 0 Å². The Labute approximate surface area is 160 Å². The van der Waals surface area contributed by atoms with E-state index in [9.17, 15) is 4.79 Å². The quantitative estimate of drug-likeness (QED) is 0.197. The summed E-state index contributed by atoms with van der Waals surface area (Å²) >= 11 is 0. The largest absolute Gasteiger partial charge is 0.493 e. The fourth-order valence-electron chi connectivity index (χ4n) is 1.96. The summed E-state index contributed by atoms with van der Waals surface area (Å²) in [4.78, 5) is 15.2. The van der Waals surface area contributed by atoms with Crippen molar-refractivity contribution < 1.29 is 19.0 Å². The number of guanidine groups is 1. The van der Waals surface area contributed by atoms with Crippen molar-refractivity contribution >= 4 is 41.6 Å². The van der Waals surface area contributed by atoms with Crippen LogP contribution in [0, 0.1) is 0 Å². The van der Waals surface area contributed by atoms with Gasteiger partial charge in [0.05, 0.1) is 21.3 Å². The van der Waals surface area contributed by atoms with E-state index in [-0.39, 0.29) is 29.9 Å². The zero-order chi connectivity index (χ0) is 17.1. The second-order valence-corrected chi connectivity index (χ2v) is 4.85. The van der Waals surface area contributed by atoms with Gasteiger partial charge in [0.1, 0.15) is 0 Å². The number of methoxy groups -OCH3 is 3. The number of carbonyl (C=O) groups excluding carboxylic acids is 1. The summed E-state index contributed by atoms with van der Waals surface area (Å²) in [6.45, 7) is 0.604. The zero-order valence-corrected chi connectivity index (χ0v) is 16.7. The molecule has 0 unspecified atom stereocenters. The molecule has 24 heavy (non-hydrogen) atoms. The first-order valence-corrected chi connectivity index (χ1v) is 7.46. The number of aliphatic imine (C=N–C) groups is 1. The molecule has 3 N–H and O–H groups in total. The van der Waals surface area contributed by atoms with Gasteiger partial charge in [0.15, 0.2) is 17.5 Å². The van der Waals surface area contributed by atoms with Crippen molar-refractivity contribution in [3.63, 3.8) is 0 Å². The molecule has 0 saturated carbocycles. The molecule has 0 radical (unpaired) electrons. The van der Waals surface area contributed by atoms with Crippen LogP contribution < -0.4 is 20.5 Å². The number of ether oxygens (including phenoxy) is 3. The molecule has 0 spiro atoms. The third-order valence-corrected chi connectivity index (χ3v) is 3.20. The number of benzene rings is 1. The van der Waals surface area contributed by atoms with Crippen molar-refractivity contribution in [2.45, 2.75) is 25.7 Å². The molecule has 1 rings (SSSR count). The lowest BCUT2D eigenvalue weighted by atomic mass is 10.2. The number of nitrogens with two attached hydrogens (primary N) is 1. The first kappa shape index (κ1) is 22.3. The Morgan fingerprint density at radius 2 is 1.83 bits per heavy atom. The second kappa shape index (κ2) is 12.7. The van der Waals surface area contributed by atoms with Crippen molar-refractivity contribution in [3.05, 3.63) is 18.2 Å². The van der Waals surface area contributed by atoms with Crippen LogP contribution >= 0.6 is 24.0 Å². The SMILES string of the molecule is COC(=O)CCCCCN=C(N)Nc1ccc(OC)c(OC)c1.I. The molecule has 7 nitrogen and oxygen atoms in total. The van der Waals surface area contributed by atoms with Gasteiger partial charge in [-0.3, -0.25) is 9.79 Å². The molecule has 0 atom stereocenters. The van der Waals surface area contributed by atoms with Crippen LogP contribution in [0.1, 0.15) is 25.7 Å². The maximum Gasteiger partial charge on any atom is 0.305 e. The highest BCUT2D eigenvalue weighted by atomic mass is 127. The molecule has 1 aromatic rings. The van der Waals surface area contributed by atoms with Gasteiger partial charge in [0, 0.05) is 24.7 Å². The lowest BCUT2D eigenvalue weighted by Gasteiger charge is -2.10. The van der Waals surface area contributed by atoms with E-state index in [1.54, 1.807) is 26.4 Å². The number of nitrogens with one attached hydrogen (secondary N) is 1. The molecule has 8 heteroatoms. The predicted molar refractivity (Wildman–Crippen MR) is 106 cm³/mol. The van der Waals surface area contributed by atoms with Gasteiger partial charge in [0.25, 0.3) is 0 Å². The van der Waals surface area contributed by atoms with Crippen LogP contribution in [0.3, 0.4) is 0 Å². The monoisotopic (exact) mass is 451 g/mol. The minimum atomic E-state index is -0.178. The van der Waals surface area contributed by atoms with Crippen LogP contribution in [-0.4, -0.2) is 39.8 Å². The zero-order valence-electron chi connectivity index (χ0n) is 14.3. The third kappa shape index (κ3) is 8.23. The highest BCUT2D eigenvalue weighted by molar-refractivity contribution is 14.0. The fourth-order valence-corrected chi connectivity index (χ4v) is 1.96. The van der Waals surface area contributed by atoms with Crippen LogP contribution in [0.15, 0.2) is 23.2 Å². The van der Waals surface area contributed by atoms with Gasteiger partial charge in [0.2, 0.25) is 0 Å². The van der Waals surface area contributed by atoms with Crippen LogP contribution in [-0.2, 0) is 9.53 Å². The Kier molecular flexibility index (Phi) is 11.8. The Hall–Kier alpha value is -1.71. The van der Waals surface area contributed by atoms with Crippen molar-refractivity contribution in [3.8, 4) is 11.5 Å². The topological polar surface area (TPSA) is 95.2 Å². The standard InChI is InChI=1S/C16H25N3O4.HI/c1-21-13-9-8-12(11-14(13)22-2)19-16(17)18-10-6-4-5-7-15(20)23-3;/h8-9,11H,4-7,10H2,1-3H3,(H3,17,18,19);1H. The summed E-state index contributed by atoms with van der Waals surface area (Å²) in [7, 11) is 4.56. The van der Waals surface area contributed by atoms with E-state index < -0.39 is 0 Å². The molecule has 0 aliphatic rings. The summed E-state index contributed by atoms with van der Waals surface area (Å²) in [5.74, 6) is 1.43. The molecule has 0 heterocycles. The summed E-state index contributed by atoms with van der Waals surface area (Å²) < 4.78 is 15.0. The second-order valence-electron chi connectivity index (χ2n) is 4.85. The van der Waals surface area contributed by atoms with Crippen molar-refractivity contribution in [1.29, 1.82) is 0 Å². The normalized spacial score (nSPS) is 10.5. The molecule has 0 aliphatic carbocycles. The Morgan fingerprint density at radius 1 is 1.12 bits per heavy atom. The van der Waals surface area contributed by atoms with Gasteiger partial charge >= 0.3 is 5.97 Å². The van der Waals surface area contributed by atoms with E-state index in [0.29, 0.717) is 30.4 Å². The summed E-state index contributed by atoms with van der Waals surface area (Å²) in [5, 5.41) is 3.00. The van der Waals surface area contributed by atoms with E-state index in [1.807, 2.05) is 6.07 Å². The van der Waals surface area contributed by atoms with Gasteiger partial charge < -0.3 is 25.3 Å². The number of unbranched alkanes of at least 4 members (excludes halogenated alkanes) is 2. The molecule has 1 aromatic carbocycles. The molecule has 0 bridgehead atoms. The number of anilines is 1. The Bertz CT molecular complexity index is 538. The van der Waals surface area contributed by atoms with Crippen molar-refractivity contribution in [1.82, 2.24) is 0 Å². The molecule has 136 valence electrons. The van der Waals surface area contributed by atoms with E-state index in [4.69, 9.17) is 15.2 Å². The molecule has 0 saturated heterocycles. The first-order chi connectivity index (χ1) is 11.1. The highest BCUT2D eigenvalue weighted by Crippen LogP contribution is 2.29. The van der Waals surface area contributed by atoms with Gasteiger partial charge in [-0.05, 0) is 25.0 Å². The summed E-state index contributed by atoms with van der Waals surface area (Å²) in [5.41, 5.74) is 6.62. The van der Waals surface area contributed by atoms with E-state index in [0.717, 1.165) is 24.9 Å². The number of rotatable bonds is 9. The first-order valence-electron chi connectivity index (χ1n) is 7.46. The van der Waals surface area contributed by atoms with Crippen LogP contribution in [0.5, 0.6) is 11.5 Å². The number of halogens is 1. The average Bonchev–Trinajstić information content (AvgIpc) is 2.57. The summed E-state index contributed by atoms with van der Waals surface area (Å²) in [6, 6.07) is 5.42. The smallest absolute Gasteiger partial charge is 0.305 e. The maximum absolute atomic E-state index is 11.0.